The molecule has 0 saturated carbocycles. The standard InChI is InChI=1S/C22H24F2O10/c23-11-5-9(1-3-13-17(27)21(31)19(29)15(7-25)33-13)6-12(24)10(11)2-4-14-18(28)22(32)20(30)16(8-26)34-14/h5-6,13-22,25-32H,7-8H2. The number of hydrogen-bond acceptors (Lipinski definition) is 10. The molecule has 0 bridgehead atoms. The molecule has 2 aliphatic heterocycles. The molecule has 2 aliphatic rings. The number of ether oxygens (including phenoxy) is 2. The minimum Gasteiger partial charge on any atom is -0.394 e. The van der Waals surface area contributed by atoms with Crippen LogP contribution < -0.4 is 0 Å². The van der Waals surface area contributed by atoms with Crippen LogP contribution in [0.15, 0.2) is 12.1 Å². The van der Waals surface area contributed by atoms with Gasteiger partial charge in [0.25, 0.3) is 0 Å². The third-order valence-corrected chi connectivity index (χ3v) is 5.52. The van der Waals surface area contributed by atoms with Crippen LogP contribution in [0.5, 0.6) is 0 Å². The number of hydrogen-bond donors (Lipinski definition) is 8. The zero-order valence-electron chi connectivity index (χ0n) is 17.5. The lowest BCUT2D eigenvalue weighted by molar-refractivity contribution is -0.214. The smallest absolute Gasteiger partial charge is 0.147 e. The molecule has 10 unspecified atom stereocenters. The average Bonchev–Trinajstić information content (AvgIpc) is 2.81. The molecular weight excluding hydrogens is 462 g/mol. The molecule has 2 heterocycles. The fraction of sp³-hybridized carbons (Fsp3) is 0.545. The van der Waals surface area contributed by atoms with Crippen molar-refractivity contribution in [3.8, 4) is 23.7 Å². The average molecular weight is 486 g/mol. The number of aliphatic hydroxyl groups excluding tert-OH is 8. The summed E-state index contributed by atoms with van der Waals surface area (Å²) in [7, 11) is 0. The van der Waals surface area contributed by atoms with E-state index in [0.717, 1.165) is 12.1 Å². The highest BCUT2D eigenvalue weighted by Crippen LogP contribution is 2.23. The maximum Gasteiger partial charge on any atom is 0.147 e. The van der Waals surface area contributed by atoms with Crippen LogP contribution in [0.2, 0.25) is 0 Å². The van der Waals surface area contributed by atoms with Gasteiger partial charge in [0, 0.05) is 5.56 Å². The first-order valence-corrected chi connectivity index (χ1v) is 10.2. The Morgan fingerprint density at radius 1 is 0.647 bits per heavy atom. The highest BCUT2D eigenvalue weighted by molar-refractivity contribution is 5.45. The van der Waals surface area contributed by atoms with Gasteiger partial charge in [0.1, 0.15) is 72.7 Å². The lowest BCUT2D eigenvalue weighted by Gasteiger charge is -2.37. The molecule has 0 aliphatic carbocycles. The van der Waals surface area contributed by atoms with E-state index in [9.17, 15) is 49.6 Å². The summed E-state index contributed by atoms with van der Waals surface area (Å²) in [6.45, 7) is -1.35. The number of rotatable bonds is 2. The summed E-state index contributed by atoms with van der Waals surface area (Å²) < 4.78 is 39.3. The topological polar surface area (TPSA) is 180 Å². The Bertz CT molecular complexity index is 972. The molecule has 3 rings (SSSR count). The monoisotopic (exact) mass is 486 g/mol. The van der Waals surface area contributed by atoms with Crippen LogP contribution in [0.4, 0.5) is 8.78 Å². The SMILES string of the molecule is OCC1OC(C#Cc2cc(F)c(C#CC3OC(CO)C(O)C(O)C3O)c(F)c2)C(O)C(O)C1O. The van der Waals surface area contributed by atoms with Gasteiger partial charge in [-0.25, -0.2) is 8.78 Å². The van der Waals surface area contributed by atoms with Crippen LogP contribution in [0.3, 0.4) is 0 Å². The van der Waals surface area contributed by atoms with Crippen molar-refractivity contribution in [1.29, 1.82) is 0 Å². The largest absolute Gasteiger partial charge is 0.394 e. The summed E-state index contributed by atoms with van der Waals surface area (Å²) in [4.78, 5) is 0. The summed E-state index contributed by atoms with van der Waals surface area (Å²) in [5, 5.41) is 77.4. The van der Waals surface area contributed by atoms with Gasteiger partial charge in [-0.2, -0.15) is 0 Å². The molecule has 0 radical (unpaired) electrons. The van der Waals surface area contributed by atoms with Gasteiger partial charge in [-0.05, 0) is 12.1 Å². The van der Waals surface area contributed by atoms with Gasteiger partial charge in [0.05, 0.1) is 18.8 Å². The second kappa shape index (κ2) is 11.0. The Labute approximate surface area is 192 Å². The van der Waals surface area contributed by atoms with Crippen LogP contribution in [0.1, 0.15) is 11.1 Å². The van der Waals surface area contributed by atoms with Crippen LogP contribution in [-0.4, -0.2) is 115 Å². The maximum absolute atomic E-state index is 14.5. The van der Waals surface area contributed by atoms with Gasteiger partial charge < -0.3 is 50.3 Å². The second-order valence-corrected chi connectivity index (χ2v) is 7.85. The zero-order valence-corrected chi connectivity index (χ0v) is 17.5. The van der Waals surface area contributed by atoms with Crippen molar-refractivity contribution in [3.05, 3.63) is 34.9 Å². The van der Waals surface area contributed by atoms with E-state index in [-0.39, 0.29) is 5.56 Å². The fourth-order valence-electron chi connectivity index (χ4n) is 3.50. The van der Waals surface area contributed by atoms with E-state index in [0.29, 0.717) is 0 Å². The molecule has 10 nitrogen and oxygen atoms in total. The lowest BCUT2D eigenvalue weighted by atomic mass is 9.95. The molecule has 8 N–H and O–H groups in total. The zero-order chi connectivity index (χ0) is 25.2. The third kappa shape index (κ3) is 5.38. The Hall–Kier alpha value is -2.20. The van der Waals surface area contributed by atoms with Crippen molar-refractivity contribution in [3.63, 3.8) is 0 Å². The van der Waals surface area contributed by atoms with Crippen molar-refractivity contribution < 1.29 is 59.1 Å². The fourth-order valence-corrected chi connectivity index (χ4v) is 3.50. The Morgan fingerprint density at radius 2 is 1.06 bits per heavy atom. The lowest BCUT2D eigenvalue weighted by Crippen LogP contribution is -2.58. The van der Waals surface area contributed by atoms with Crippen LogP contribution in [0.25, 0.3) is 0 Å². The highest BCUT2D eigenvalue weighted by Gasteiger charge is 2.43. The number of aliphatic hydroxyl groups is 8. The maximum atomic E-state index is 14.5. The molecule has 12 heteroatoms. The molecule has 0 aromatic heterocycles. The molecule has 10 atom stereocenters. The van der Waals surface area contributed by atoms with Gasteiger partial charge in [-0.15, -0.1) is 0 Å². The summed E-state index contributed by atoms with van der Waals surface area (Å²) >= 11 is 0. The third-order valence-electron chi connectivity index (χ3n) is 5.52. The van der Waals surface area contributed by atoms with E-state index >= 15 is 0 Å². The summed E-state index contributed by atoms with van der Waals surface area (Å²) in [6.07, 6.45) is -15.1. The van der Waals surface area contributed by atoms with E-state index in [1.165, 1.54) is 0 Å². The molecule has 2 saturated heterocycles. The Morgan fingerprint density at radius 3 is 1.47 bits per heavy atom. The van der Waals surface area contributed by atoms with Crippen molar-refractivity contribution >= 4 is 0 Å². The molecule has 0 amide bonds. The van der Waals surface area contributed by atoms with Gasteiger partial charge in [0.2, 0.25) is 0 Å². The predicted octanol–water partition coefficient (Wildman–Crippen LogP) is -3.65. The number of benzene rings is 1. The first kappa shape index (κ1) is 26.4. The predicted molar refractivity (Wildman–Crippen MR) is 108 cm³/mol. The second-order valence-electron chi connectivity index (χ2n) is 7.85. The van der Waals surface area contributed by atoms with E-state index in [2.05, 4.69) is 23.7 Å². The minimum absolute atomic E-state index is 0.176. The summed E-state index contributed by atoms with van der Waals surface area (Å²) in [6, 6.07) is 1.66. The molecular formula is C22H24F2O10. The normalized spacial score (nSPS) is 37.8. The van der Waals surface area contributed by atoms with Gasteiger partial charge >= 0.3 is 0 Å². The summed E-state index contributed by atoms with van der Waals surface area (Å²) in [5.41, 5.74) is -0.874. The Balaban J connectivity index is 1.80. The minimum atomic E-state index is -1.69. The number of halogens is 2. The molecule has 186 valence electrons. The van der Waals surface area contributed by atoms with Crippen molar-refractivity contribution in [2.24, 2.45) is 0 Å². The molecule has 2 fully saturated rings. The summed E-state index contributed by atoms with van der Waals surface area (Å²) in [5.74, 6) is 6.93. The van der Waals surface area contributed by atoms with Gasteiger partial charge in [0.15, 0.2) is 0 Å². The van der Waals surface area contributed by atoms with E-state index < -0.39 is 91.5 Å². The first-order chi connectivity index (χ1) is 16.1. The van der Waals surface area contributed by atoms with Crippen molar-refractivity contribution in [1.82, 2.24) is 0 Å². The molecule has 34 heavy (non-hydrogen) atoms. The van der Waals surface area contributed by atoms with Crippen LogP contribution >= 0.6 is 0 Å². The molecule has 1 aromatic carbocycles. The van der Waals surface area contributed by atoms with Crippen LogP contribution in [0, 0.1) is 35.3 Å². The van der Waals surface area contributed by atoms with Crippen LogP contribution in [-0.2, 0) is 9.47 Å². The van der Waals surface area contributed by atoms with E-state index in [1.54, 1.807) is 0 Å². The first-order valence-electron chi connectivity index (χ1n) is 10.2. The van der Waals surface area contributed by atoms with Gasteiger partial charge in [-0.1, -0.05) is 23.7 Å². The van der Waals surface area contributed by atoms with Crippen molar-refractivity contribution in [2.45, 2.75) is 61.0 Å². The Kier molecular flexibility index (Phi) is 8.57. The van der Waals surface area contributed by atoms with Gasteiger partial charge in [-0.3, -0.25) is 0 Å². The molecule has 1 aromatic rings. The van der Waals surface area contributed by atoms with Crippen molar-refractivity contribution in [2.75, 3.05) is 13.2 Å². The highest BCUT2D eigenvalue weighted by atomic mass is 19.1. The molecule has 0 spiro atoms. The van der Waals surface area contributed by atoms with E-state index in [4.69, 9.17) is 9.47 Å². The van der Waals surface area contributed by atoms with E-state index in [1.807, 2.05) is 0 Å². The quantitative estimate of drug-likeness (QED) is 0.194.